The van der Waals surface area contributed by atoms with Crippen LogP contribution < -0.4 is 0 Å². The molecule has 0 saturated carbocycles. The molecule has 0 saturated heterocycles. The number of nitrogens with zero attached hydrogens (tertiary/aromatic N) is 2. The van der Waals surface area contributed by atoms with Gasteiger partial charge in [-0.3, -0.25) is 0 Å². The Balaban J connectivity index is 1.32. The molecule has 0 bridgehead atoms. The van der Waals surface area contributed by atoms with Gasteiger partial charge in [0.05, 0.1) is 27.8 Å². The fourth-order valence-electron chi connectivity index (χ4n) is 9.28. The SMILES string of the molecule is CCc1cc(-n2c3ccccc3c3ccccc32)cc(-n2c3ccccc3c3ccccc32)c1-c1cc2c3ccccc3c3ccccc3c2cc1C. The fourth-order valence-corrected chi connectivity index (χ4v) is 9.28. The lowest BCUT2D eigenvalue weighted by molar-refractivity contribution is 1.08. The van der Waals surface area contributed by atoms with E-state index in [-0.39, 0.29) is 0 Å². The Bertz CT molecular complexity index is 3180. The number of para-hydroxylation sites is 4. The molecule has 2 nitrogen and oxygen atoms in total. The highest BCUT2D eigenvalue weighted by atomic mass is 15.0. The van der Waals surface area contributed by atoms with Crippen molar-refractivity contribution in [3.8, 4) is 22.5 Å². The van der Waals surface area contributed by atoms with Gasteiger partial charge in [0.2, 0.25) is 0 Å². The Hall–Kier alpha value is -6.64. The number of hydrogen-bond donors (Lipinski definition) is 0. The number of aromatic nitrogens is 2. The van der Waals surface area contributed by atoms with Crippen molar-refractivity contribution in [1.29, 1.82) is 0 Å². The first-order chi connectivity index (χ1) is 26.2. The Morgan fingerprint density at radius 1 is 0.377 bits per heavy atom. The monoisotopic (exact) mass is 676 g/mol. The van der Waals surface area contributed by atoms with Crippen molar-refractivity contribution >= 4 is 75.9 Å². The lowest BCUT2D eigenvalue weighted by atomic mass is 9.87. The number of fused-ring (bicyclic) bond motifs is 12. The molecule has 0 fully saturated rings. The van der Waals surface area contributed by atoms with E-state index in [9.17, 15) is 0 Å². The molecule has 0 N–H and O–H groups in total. The molecule has 0 radical (unpaired) electrons. The zero-order valence-electron chi connectivity index (χ0n) is 29.8. The van der Waals surface area contributed by atoms with Crippen LogP contribution in [0.25, 0.3) is 98.4 Å². The first-order valence-corrected chi connectivity index (χ1v) is 18.7. The van der Waals surface area contributed by atoms with Crippen molar-refractivity contribution in [3.05, 3.63) is 181 Å². The summed E-state index contributed by atoms with van der Waals surface area (Å²) in [6.07, 6.45) is 0.889. The standard InChI is InChI=1S/C51H36N2/c1-3-33-29-34(52-46-24-12-8-20-39(46)40-21-9-13-25-47(40)52)30-50(53-48-26-14-10-22-41(48)42-23-11-15-27-49(42)53)51(33)43-31-45-38-19-7-5-17-36(38)35-16-4-6-18-37(35)44(45)28-32(43)2/h4-31H,3H2,1-2H3. The van der Waals surface area contributed by atoms with Gasteiger partial charge in [0.15, 0.2) is 0 Å². The molecule has 0 aliphatic rings. The second-order valence-corrected chi connectivity index (χ2v) is 14.4. The topological polar surface area (TPSA) is 9.86 Å². The van der Waals surface area contributed by atoms with Gasteiger partial charge in [-0.25, -0.2) is 0 Å². The van der Waals surface area contributed by atoms with E-state index in [1.807, 2.05) is 0 Å². The average molecular weight is 677 g/mol. The molecule has 11 rings (SSSR count). The molecule has 0 spiro atoms. The smallest absolute Gasteiger partial charge is 0.0564 e. The summed E-state index contributed by atoms with van der Waals surface area (Å²) in [5.41, 5.74) is 12.4. The minimum absolute atomic E-state index is 0.889. The van der Waals surface area contributed by atoms with E-state index in [1.54, 1.807) is 0 Å². The molecule has 9 aromatic carbocycles. The van der Waals surface area contributed by atoms with Gasteiger partial charge in [-0.15, -0.1) is 0 Å². The van der Waals surface area contributed by atoms with Crippen LogP contribution in [0, 0.1) is 6.92 Å². The van der Waals surface area contributed by atoms with E-state index in [0.717, 1.165) is 6.42 Å². The average Bonchev–Trinajstić information content (AvgIpc) is 3.73. The van der Waals surface area contributed by atoms with Crippen molar-refractivity contribution < 1.29 is 0 Å². The van der Waals surface area contributed by atoms with Crippen molar-refractivity contribution in [1.82, 2.24) is 9.13 Å². The summed E-state index contributed by atoms with van der Waals surface area (Å²) in [7, 11) is 0. The molecule has 0 aliphatic heterocycles. The van der Waals surface area contributed by atoms with E-state index in [1.165, 1.54) is 110 Å². The van der Waals surface area contributed by atoms with Gasteiger partial charge in [-0.2, -0.15) is 0 Å². The second-order valence-electron chi connectivity index (χ2n) is 14.4. The predicted molar refractivity (Wildman–Crippen MR) is 227 cm³/mol. The van der Waals surface area contributed by atoms with Gasteiger partial charge in [-0.1, -0.05) is 134 Å². The lowest BCUT2D eigenvalue weighted by Crippen LogP contribution is -2.05. The van der Waals surface area contributed by atoms with Crippen LogP contribution in [0.1, 0.15) is 18.1 Å². The van der Waals surface area contributed by atoms with E-state index in [0.29, 0.717) is 0 Å². The number of benzene rings is 9. The molecular formula is C51H36N2. The first-order valence-electron chi connectivity index (χ1n) is 18.7. The first kappa shape index (κ1) is 30.0. The normalized spacial score (nSPS) is 12.0. The summed E-state index contributed by atoms with van der Waals surface area (Å²) < 4.78 is 5.00. The maximum Gasteiger partial charge on any atom is 0.0564 e. The van der Waals surface area contributed by atoms with Gasteiger partial charge in [0.25, 0.3) is 0 Å². The predicted octanol–water partition coefficient (Wildman–Crippen LogP) is 13.9. The Kier molecular flexibility index (Phi) is 6.48. The van der Waals surface area contributed by atoms with Crippen molar-refractivity contribution in [2.45, 2.75) is 20.3 Å². The number of aryl methyl sites for hydroxylation is 2. The summed E-state index contributed by atoms with van der Waals surface area (Å²) >= 11 is 0. The molecule has 0 atom stereocenters. The molecule has 0 amide bonds. The van der Waals surface area contributed by atoms with Gasteiger partial charge in [0, 0.05) is 32.8 Å². The Morgan fingerprint density at radius 2 is 0.755 bits per heavy atom. The molecule has 2 aromatic heterocycles. The largest absolute Gasteiger partial charge is 0.309 e. The minimum Gasteiger partial charge on any atom is -0.309 e. The van der Waals surface area contributed by atoms with Gasteiger partial charge in [-0.05, 0) is 105 Å². The second kappa shape index (κ2) is 11.4. The van der Waals surface area contributed by atoms with Gasteiger partial charge >= 0.3 is 0 Å². The van der Waals surface area contributed by atoms with Crippen LogP contribution in [0.15, 0.2) is 170 Å². The fraction of sp³-hybridized carbons (Fsp3) is 0.0588. The van der Waals surface area contributed by atoms with E-state index < -0.39 is 0 Å². The zero-order chi connectivity index (χ0) is 35.2. The highest BCUT2D eigenvalue weighted by Gasteiger charge is 2.23. The van der Waals surface area contributed by atoms with E-state index >= 15 is 0 Å². The Labute approximate surface area is 307 Å². The summed E-state index contributed by atoms with van der Waals surface area (Å²) in [6, 6.07) is 63.1. The van der Waals surface area contributed by atoms with Gasteiger partial charge < -0.3 is 9.13 Å². The highest BCUT2D eigenvalue weighted by molar-refractivity contribution is 6.26. The van der Waals surface area contributed by atoms with Crippen LogP contribution in [0.5, 0.6) is 0 Å². The van der Waals surface area contributed by atoms with Crippen LogP contribution in [0.4, 0.5) is 0 Å². The summed E-state index contributed by atoms with van der Waals surface area (Å²) in [5.74, 6) is 0. The molecule has 53 heavy (non-hydrogen) atoms. The summed E-state index contributed by atoms with van der Waals surface area (Å²) in [4.78, 5) is 0. The minimum atomic E-state index is 0.889. The van der Waals surface area contributed by atoms with Crippen LogP contribution in [-0.4, -0.2) is 9.13 Å². The molecule has 11 aromatic rings. The molecule has 2 heteroatoms. The molecule has 0 aliphatic carbocycles. The van der Waals surface area contributed by atoms with Gasteiger partial charge in [0.1, 0.15) is 0 Å². The van der Waals surface area contributed by atoms with E-state index in [4.69, 9.17) is 0 Å². The molecule has 250 valence electrons. The highest BCUT2D eigenvalue weighted by Crippen LogP contribution is 2.44. The van der Waals surface area contributed by atoms with E-state index in [2.05, 4.69) is 193 Å². The van der Waals surface area contributed by atoms with Crippen molar-refractivity contribution in [2.24, 2.45) is 0 Å². The van der Waals surface area contributed by atoms with Crippen molar-refractivity contribution in [2.75, 3.05) is 0 Å². The number of rotatable bonds is 4. The molecule has 2 heterocycles. The zero-order valence-corrected chi connectivity index (χ0v) is 29.8. The quantitative estimate of drug-likeness (QED) is 0.164. The van der Waals surface area contributed by atoms with Crippen LogP contribution in [-0.2, 0) is 6.42 Å². The maximum absolute atomic E-state index is 2.53. The molecular weight excluding hydrogens is 641 g/mol. The van der Waals surface area contributed by atoms with Crippen molar-refractivity contribution in [3.63, 3.8) is 0 Å². The summed E-state index contributed by atoms with van der Waals surface area (Å²) in [5, 5.41) is 12.9. The summed E-state index contributed by atoms with van der Waals surface area (Å²) in [6.45, 7) is 4.61. The third-order valence-corrected chi connectivity index (χ3v) is 11.6. The van der Waals surface area contributed by atoms with Crippen LogP contribution in [0.3, 0.4) is 0 Å². The molecule has 0 unspecified atom stereocenters. The van der Waals surface area contributed by atoms with Crippen LogP contribution >= 0.6 is 0 Å². The Morgan fingerprint density at radius 3 is 1.21 bits per heavy atom. The third kappa shape index (κ3) is 4.27. The number of hydrogen-bond acceptors (Lipinski definition) is 0. The lowest BCUT2D eigenvalue weighted by Gasteiger charge is -2.23. The maximum atomic E-state index is 2.53. The third-order valence-electron chi connectivity index (χ3n) is 11.6. The van der Waals surface area contributed by atoms with Crippen LogP contribution in [0.2, 0.25) is 0 Å².